The minimum Gasteiger partial charge on any atom is -0.497 e. The van der Waals surface area contributed by atoms with Gasteiger partial charge in [0.1, 0.15) is 18.1 Å². The minimum atomic E-state index is -0.276. The summed E-state index contributed by atoms with van der Waals surface area (Å²) in [6, 6.07) is 5.59. The molecule has 0 saturated carbocycles. The molecule has 114 valence electrons. The molecule has 5 nitrogen and oxygen atoms in total. The molecule has 0 saturated heterocycles. The number of hydrogen-bond acceptors (Lipinski definition) is 3. The van der Waals surface area contributed by atoms with Crippen molar-refractivity contribution < 1.29 is 9.53 Å². The Hall–Kier alpha value is -1.75. The van der Waals surface area contributed by atoms with Gasteiger partial charge in [0.25, 0.3) is 0 Å². The average molecular weight is 310 g/mol. The van der Waals surface area contributed by atoms with E-state index in [1.807, 2.05) is 36.6 Å². The van der Waals surface area contributed by atoms with Crippen molar-refractivity contribution in [1.82, 2.24) is 14.9 Å². The number of methoxy groups -OCH3 is 1. The Bertz CT molecular complexity index is 637. The van der Waals surface area contributed by atoms with Gasteiger partial charge in [0.15, 0.2) is 0 Å². The molecule has 0 radical (unpaired) electrons. The number of aromatic nitrogens is 2. The smallest absolute Gasteiger partial charge is 0.240 e. The third kappa shape index (κ3) is 3.47. The summed E-state index contributed by atoms with van der Waals surface area (Å²) in [7, 11) is 1.61. The number of nitrogens with zero attached hydrogens (tertiary/aromatic N) is 2. The van der Waals surface area contributed by atoms with Gasteiger partial charge in [-0.2, -0.15) is 0 Å². The van der Waals surface area contributed by atoms with E-state index in [0.717, 1.165) is 23.2 Å². The Balaban J connectivity index is 2.41. The molecule has 0 aliphatic carbocycles. The number of alkyl halides is 1. The summed E-state index contributed by atoms with van der Waals surface area (Å²) in [5.41, 5.74) is 1.66. The number of benzene rings is 1. The number of carbonyl (C=O) groups excluding carboxylic acids is 1. The van der Waals surface area contributed by atoms with Crippen LogP contribution in [0, 0.1) is 0 Å². The van der Waals surface area contributed by atoms with Gasteiger partial charge in [-0.25, -0.2) is 4.98 Å². The lowest BCUT2D eigenvalue weighted by Crippen LogP contribution is -2.28. The van der Waals surface area contributed by atoms with Gasteiger partial charge in [-0.15, -0.1) is 11.6 Å². The normalized spacial score (nSPS) is 12.4. The van der Waals surface area contributed by atoms with Crippen LogP contribution in [-0.4, -0.2) is 29.1 Å². The predicted octanol–water partition coefficient (Wildman–Crippen LogP) is 2.87. The van der Waals surface area contributed by atoms with Crippen LogP contribution in [0.1, 0.15) is 31.5 Å². The number of hydrogen-bond donors (Lipinski definition) is 1. The molecule has 1 amide bonds. The van der Waals surface area contributed by atoms with Crippen LogP contribution in [0.2, 0.25) is 0 Å². The SMILES string of the molecule is CCCNC(=O)Cn1c(C(C)Cl)nc2ccc(OC)cc21. The van der Waals surface area contributed by atoms with E-state index in [1.165, 1.54) is 0 Å². The zero-order valence-electron chi connectivity index (χ0n) is 12.5. The fourth-order valence-corrected chi connectivity index (χ4v) is 2.35. The van der Waals surface area contributed by atoms with Crippen LogP contribution in [0.3, 0.4) is 0 Å². The first-order valence-electron chi connectivity index (χ1n) is 7.01. The van der Waals surface area contributed by atoms with Gasteiger partial charge >= 0.3 is 0 Å². The highest BCUT2D eigenvalue weighted by molar-refractivity contribution is 6.20. The van der Waals surface area contributed by atoms with Crippen LogP contribution in [0.5, 0.6) is 5.75 Å². The van der Waals surface area contributed by atoms with Crippen LogP contribution in [0.25, 0.3) is 11.0 Å². The number of fused-ring (bicyclic) bond motifs is 1. The topological polar surface area (TPSA) is 56.2 Å². The molecular weight excluding hydrogens is 290 g/mol. The van der Waals surface area contributed by atoms with E-state index in [2.05, 4.69) is 10.3 Å². The predicted molar refractivity (Wildman–Crippen MR) is 83.9 cm³/mol. The van der Waals surface area contributed by atoms with Gasteiger partial charge in [-0.3, -0.25) is 4.79 Å². The van der Waals surface area contributed by atoms with Crippen molar-refractivity contribution in [3.8, 4) is 5.75 Å². The second-order valence-corrected chi connectivity index (χ2v) is 5.53. The number of amides is 1. The summed E-state index contributed by atoms with van der Waals surface area (Å²) in [5.74, 6) is 1.37. The van der Waals surface area contributed by atoms with Gasteiger partial charge < -0.3 is 14.6 Å². The second-order valence-electron chi connectivity index (χ2n) is 4.88. The van der Waals surface area contributed by atoms with Gasteiger partial charge in [0.05, 0.1) is 23.5 Å². The zero-order chi connectivity index (χ0) is 15.4. The third-order valence-corrected chi connectivity index (χ3v) is 3.41. The van der Waals surface area contributed by atoms with Crippen molar-refractivity contribution in [3.63, 3.8) is 0 Å². The molecule has 21 heavy (non-hydrogen) atoms. The molecule has 1 heterocycles. The molecule has 1 unspecified atom stereocenters. The maximum Gasteiger partial charge on any atom is 0.240 e. The zero-order valence-corrected chi connectivity index (χ0v) is 13.3. The van der Waals surface area contributed by atoms with Gasteiger partial charge in [0, 0.05) is 12.6 Å². The Kier molecular flexibility index (Phi) is 5.07. The van der Waals surface area contributed by atoms with Gasteiger partial charge in [-0.05, 0) is 25.5 Å². The van der Waals surface area contributed by atoms with Gasteiger partial charge in [0.2, 0.25) is 5.91 Å². The summed E-state index contributed by atoms with van der Waals surface area (Å²) < 4.78 is 7.09. The first-order chi connectivity index (χ1) is 10.1. The van der Waals surface area contributed by atoms with Crippen molar-refractivity contribution in [2.75, 3.05) is 13.7 Å². The first kappa shape index (κ1) is 15.6. The Morgan fingerprint density at radius 2 is 2.29 bits per heavy atom. The second kappa shape index (κ2) is 6.80. The van der Waals surface area contributed by atoms with Crippen LogP contribution in [0.4, 0.5) is 0 Å². The quantitative estimate of drug-likeness (QED) is 0.835. The Labute approximate surface area is 129 Å². The number of carbonyl (C=O) groups is 1. The summed E-state index contributed by atoms with van der Waals surface area (Å²) in [5, 5.41) is 2.59. The standard InChI is InChI=1S/C15H20ClN3O2/c1-4-7-17-14(20)9-19-13-8-11(21-3)5-6-12(13)18-15(19)10(2)16/h5-6,8,10H,4,7,9H2,1-3H3,(H,17,20). The van der Waals surface area contributed by atoms with E-state index in [4.69, 9.17) is 16.3 Å². The number of nitrogens with one attached hydrogen (secondary N) is 1. The molecule has 2 aromatic rings. The first-order valence-corrected chi connectivity index (χ1v) is 7.45. The molecule has 1 aromatic heterocycles. The van der Waals surface area contributed by atoms with Crippen LogP contribution < -0.4 is 10.1 Å². The monoisotopic (exact) mass is 309 g/mol. The lowest BCUT2D eigenvalue weighted by Gasteiger charge is -2.11. The highest BCUT2D eigenvalue weighted by Gasteiger charge is 2.17. The largest absolute Gasteiger partial charge is 0.497 e. The summed E-state index contributed by atoms with van der Waals surface area (Å²) in [6.45, 7) is 4.74. The summed E-state index contributed by atoms with van der Waals surface area (Å²) in [6.07, 6.45) is 0.906. The van der Waals surface area contributed by atoms with E-state index in [1.54, 1.807) is 7.11 Å². The molecule has 0 aliphatic heterocycles. The molecule has 0 bridgehead atoms. The van der Waals surface area contributed by atoms with Crippen molar-refractivity contribution >= 4 is 28.5 Å². The van der Waals surface area contributed by atoms with Crippen LogP contribution >= 0.6 is 11.6 Å². The van der Waals surface area contributed by atoms with E-state index in [-0.39, 0.29) is 17.8 Å². The highest BCUT2D eigenvalue weighted by Crippen LogP contribution is 2.27. The lowest BCUT2D eigenvalue weighted by atomic mass is 10.3. The van der Waals surface area contributed by atoms with E-state index in [9.17, 15) is 4.79 Å². The number of halogens is 1. The molecular formula is C15H20ClN3O2. The van der Waals surface area contributed by atoms with Crippen molar-refractivity contribution in [1.29, 1.82) is 0 Å². The van der Waals surface area contributed by atoms with E-state index >= 15 is 0 Å². The van der Waals surface area contributed by atoms with Gasteiger partial charge in [-0.1, -0.05) is 6.92 Å². The maximum absolute atomic E-state index is 12.0. The summed E-state index contributed by atoms with van der Waals surface area (Å²) in [4.78, 5) is 16.5. The van der Waals surface area contributed by atoms with Crippen LogP contribution in [-0.2, 0) is 11.3 Å². The van der Waals surface area contributed by atoms with Crippen molar-refractivity contribution in [3.05, 3.63) is 24.0 Å². The molecule has 0 aliphatic rings. The Morgan fingerprint density at radius 1 is 1.52 bits per heavy atom. The number of rotatable bonds is 6. The molecule has 6 heteroatoms. The fraction of sp³-hybridized carbons (Fsp3) is 0.467. The van der Waals surface area contributed by atoms with Crippen LogP contribution in [0.15, 0.2) is 18.2 Å². The summed E-state index contributed by atoms with van der Waals surface area (Å²) >= 11 is 6.19. The van der Waals surface area contributed by atoms with Crippen molar-refractivity contribution in [2.24, 2.45) is 0 Å². The average Bonchev–Trinajstić information content (AvgIpc) is 2.83. The number of ether oxygens (including phenoxy) is 1. The minimum absolute atomic E-state index is 0.0439. The molecule has 2 rings (SSSR count). The molecule has 0 spiro atoms. The number of imidazole rings is 1. The molecule has 1 atom stereocenters. The van der Waals surface area contributed by atoms with E-state index in [0.29, 0.717) is 12.4 Å². The molecule has 0 fully saturated rings. The lowest BCUT2D eigenvalue weighted by molar-refractivity contribution is -0.121. The molecule has 1 aromatic carbocycles. The van der Waals surface area contributed by atoms with E-state index < -0.39 is 0 Å². The maximum atomic E-state index is 12.0. The fourth-order valence-electron chi connectivity index (χ4n) is 2.18. The third-order valence-electron chi connectivity index (χ3n) is 3.21. The molecule has 1 N–H and O–H groups in total. The Morgan fingerprint density at radius 3 is 2.90 bits per heavy atom. The highest BCUT2D eigenvalue weighted by atomic mass is 35.5. The van der Waals surface area contributed by atoms with Crippen molar-refractivity contribution in [2.45, 2.75) is 32.2 Å².